The lowest BCUT2D eigenvalue weighted by atomic mass is 9.95. The molecule has 7 nitrogen and oxygen atoms in total. The van der Waals surface area contributed by atoms with Crippen LogP contribution in [0.4, 0.5) is 16.1 Å². The number of halogens is 1. The van der Waals surface area contributed by atoms with E-state index < -0.39 is 0 Å². The fourth-order valence-electron chi connectivity index (χ4n) is 4.61. The SMILES string of the molecule is Cc1ccc(-c2nnc(N3CCC(C(=O)N4CCN(c5ccccc5F)CC4)CC3)o2)cc1. The number of amides is 1. The highest BCUT2D eigenvalue weighted by Gasteiger charge is 2.32. The highest BCUT2D eigenvalue weighted by molar-refractivity contribution is 5.79. The summed E-state index contributed by atoms with van der Waals surface area (Å²) in [5.74, 6) is 0.501. The Hall–Kier alpha value is -3.42. The average Bonchev–Trinajstić information content (AvgIpc) is 3.35. The van der Waals surface area contributed by atoms with E-state index in [2.05, 4.69) is 15.1 Å². The van der Waals surface area contributed by atoms with Gasteiger partial charge in [0.25, 0.3) is 0 Å². The zero-order chi connectivity index (χ0) is 22.8. The molecule has 1 aromatic heterocycles. The number of aromatic nitrogens is 2. The monoisotopic (exact) mass is 449 g/mol. The maximum Gasteiger partial charge on any atom is 0.318 e. The molecule has 172 valence electrons. The highest BCUT2D eigenvalue weighted by atomic mass is 19.1. The zero-order valence-corrected chi connectivity index (χ0v) is 18.8. The third kappa shape index (κ3) is 4.55. The van der Waals surface area contributed by atoms with E-state index in [4.69, 9.17) is 4.42 Å². The second-order valence-corrected chi connectivity index (χ2v) is 8.78. The molecule has 0 aliphatic carbocycles. The maximum atomic E-state index is 14.1. The largest absolute Gasteiger partial charge is 0.403 e. The summed E-state index contributed by atoms with van der Waals surface area (Å²) in [6.45, 7) is 6.00. The van der Waals surface area contributed by atoms with Crippen LogP contribution in [0.1, 0.15) is 18.4 Å². The van der Waals surface area contributed by atoms with Crippen LogP contribution in [0, 0.1) is 18.7 Å². The molecule has 1 amide bonds. The van der Waals surface area contributed by atoms with Crippen molar-refractivity contribution in [2.24, 2.45) is 5.92 Å². The number of rotatable bonds is 4. The second-order valence-electron chi connectivity index (χ2n) is 8.78. The molecule has 0 unspecified atom stereocenters. The van der Waals surface area contributed by atoms with Gasteiger partial charge in [-0.3, -0.25) is 4.79 Å². The third-order valence-corrected chi connectivity index (χ3v) is 6.61. The lowest BCUT2D eigenvalue weighted by molar-refractivity contribution is -0.136. The number of piperidine rings is 1. The van der Waals surface area contributed by atoms with Crippen LogP contribution in [0.2, 0.25) is 0 Å². The number of para-hydroxylation sites is 1. The van der Waals surface area contributed by atoms with E-state index in [-0.39, 0.29) is 17.6 Å². The van der Waals surface area contributed by atoms with E-state index in [9.17, 15) is 9.18 Å². The summed E-state index contributed by atoms with van der Waals surface area (Å²) in [6, 6.07) is 15.3. The van der Waals surface area contributed by atoms with E-state index in [1.54, 1.807) is 12.1 Å². The number of carbonyl (C=O) groups is 1. The van der Waals surface area contributed by atoms with Gasteiger partial charge >= 0.3 is 6.01 Å². The van der Waals surface area contributed by atoms with Crippen molar-refractivity contribution >= 4 is 17.6 Å². The molecule has 0 spiro atoms. The van der Waals surface area contributed by atoms with Gasteiger partial charge in [0.05, 0.1) is 5.69 Å². The summed E-state index contributed by atoms with van der Waals surface area (Å²) in [5, 5.41) is 8.41. The quantitative estimate of drug-likeness (QED) is 0.605. The smallest absolute Gasteiger partial charge is 0.318 e. The van der Waals surface area contributed by atoms with Crippen molar-refractivity contribution in [1.29, 1.82) is 0 Å². The molecule has 3 heterocycles. The first-order valence-corrected chi connectivity index (χ1v) is 11.5. The fraction of sp³-hybridized carbons (Fsp3) is 0.400. The lowest BCUT2D eigenvalue weighted by Crippen LogP contribution is -2.52. The van der Waals surface area contributed by atoms with Gasteiger partial charge in [-0.1, -0.05) is 34.9 Å². The predicted octanol–water partition coefficient (Wildman–Crippen LogP) is 3.75. The first-order valence-electron chi connectivity index (χ1n) is 11.5. The fourth-order valence-corrected chi connectivity index (χ4v) is 4.61. The number of carbonyl (C=O) groups excluding carboxylic acids is 1. The Labute approximate surface area is 192 Å². The van der Waals surface area contributed by atoms with Crippen molar-refractivity contribution in [2.45, 2.75) is 19.8 Å². The molecule has 5 rings (SSSR count). The number of anilines is 2. The van der Waals surface area contributed by atoms with Crippen molar-refractivity contribution in [3.05, 3.63) is 59.9 Å². The van der Waals surface area contributed by atoms with Gasteiger partial charge in [0, 0.05) is 50.7 Å². The summed E-state index contributed by atoms with van der Waals surface area (Å²) in [5.41, 5.74) is 2.69. The average molecular weight is 450 g/mol. The van der Waals surface area contributed by atoms with Crippen molar-refractivity contribution in [3.63, 3.8) is 0 Å². The molecule has 0 radical (unpaired) electrons. The van der Waals surface area contributed by atoms with Crippen molar-refractivity contribution in [2.75, 3.05) is 49.1 Å². The van der Waals surface area contributed by atoms with Gasteiger partial charge in [0.15, 0.2) is 0 Å². The molecule has 2 aliphatic rings. The van der Waals surface area contributed by atoms with Crippen molar-refractivity contribution < 1.29 is 13.6 Å². The van der Waals surface area contributed by atoms with Crippen LogP contribution in [0.5, 0.6) is 0 Å². The topological polar surface area (TPSA) is 65.7 Å². The molecule has 0 bridgehead atoms. The van der Waals surface area contributed by atoms with Crippen molar-refractivity contribution in [1.82, 2.24) is 15.1 Å². The molecular formula is C25H28FN5O2. The summed E-state index contributed by atoms with van der Waals surface area (Å²) in [4.78, 5) is 19.1. The second kappa shape index (κ2) is 9.21. The molecule has 0 saturated carbocycles. The van der Waals surface area contributed by atoms with Gasteiger partial charge < -0.3 is 19.1 Å². The van der Waals surface area contributed by atoms with Crippen LogP contribution in [0.3, 0.4) is 0 Å². The standard InChI is InChI=1S/C25H28FN5O2/c1-18-6-8-19(9-7-18)23-27-28-25(33-23)31-12-10-20(11-13-31)24(32)30-16-14-29(15-17-30)22-5-3-2-4-21(22)26/h2-9,20H,10-17H2,1H3. The Balaban J connectivity index is 1.14. The van der Waals surface area contributed by atoms with E-state index in [0.29, 0.717) is 56.9 Å². The molecular weight excluding hydrogens is 421 g/mol. The first kappa shape index (κ1) is 21.4. The van der Waals surface area contributed by atoms with E-state index in [1.807, 2.05) is 47.1 Å². The van der Waals surface area contributed by atoms with Gasteiger partial charge in [-0.15, -0.1) is 5.10 Å². The van der Waals surface area contributed by atoms with Crippen molar-refractivity contribution in [3.8, 4) is 11.5 Å². The van der Waals surface area contributed by atoms with Crippen LogP contribution in [0.25, 0.3) is 11.5 Å². The van der Waals surface area contributed by atoms with E-state index in [1.165, 1.54) is 11.6 Å². The number of benzene rings is 2. The molecule has 2 aliphatic heterocycles. The molecule has 2 aromatic carbocycles. The minimum absolute atomic E-state index is 0.000696. The molecule has 3 aromatic rings. The first-order chi connectivity index (χ1) is 16.1. The Morgan fingerprint density at radius 2 is 1.61 bits per heavy atom. The van der Waals surface area contributed by atoms with Crippen LogP contribution in [0.15, 0.2) is 52.9 Å². The van der Waals surface area contributed by atoms with Gasteiger partial charge in [0.2, 0.25) is 11.8 Å². The predicted molar refractivity (Wildman–Crippen MR) is 125 cm³/mol. The Morgan fingerprint density at radius 1 is 0.909 bits per heavy atom. The zero-order valence-electron chi connectivity index (χ0n) is 18.8. The summed E-state index contributed by atoms with van der Waals surface area (Å²) in [6.07, 6.45) is 1.52. The lowest BCUT2D eigenvalue weighted by Gasteiger charge is -2.39. The minimum Gasteiger partial charge on any atom is -0.403 e. The maximum absolute atomic E-state index is 14.1. The van der Waals surface area contributed by atoms with Gasteiger partial charge in [-0.05, 0) is 44.0 Å². The molecule has 0 atom stereocenters. The Bertz CT molecular complexity index is 1100. The summed E-state index contributed by atoms with van der Waals surface area (Å²) < 4.78 is 20.0. The van der Waals surface area contributed by atoms with Crippen LogP contribution >= 0.6 is 0 Å². The summed E-state index contributed by atoms with van der Waals surface area (Å²) >= 11 is 0. The summed E-state index contributed by atoms with van der Waals surface area (Å²) in [7, 11) is 0. The number of piperazine rings is 1. The minimum atomic E-state index is -0.212. The molecule has 2 saturated heterocycles. The molecule has 8 heteroatoms. The Morgan fingerprint density at radius 3 is 2.30 bits per heavy atom. The number of nitrogens with zero attached hydrogens (tertiary/aromatic N) is 5. The van der Waals surface area contributed by atoms with Gasteiger partial charge in [0.1, 0.15) is 5.82 Å². The highest BCUT2D eigenvalue weighted by Crippen LogP contribution is 2.28. The third-order valence-electron chi connectivity index (χ3n) is 6.61. The van der Waals surface area contributed by atoms with Gasteiger partial charge in [-0.2, -0.15) is 0 Å². The van der Waals surface area contributed by atoms with E-state index in [0.717, 1.165) is 18.4 Å². The number of hydrogen-bond acceptors (Lipinski definition) is 6. The number of hydrogen-bond donors (Lipinski definition) is 0. The normalized spacial score (nSPS) is 17.5. The Kier molecular flexibility index (Phi) is 5.98. The van der Waals surface area contributed by atoms with Crippen LogP contribution < -0.4 is 9.80 Å². The van der Waals surface area contributed by atoms with Crippen LogP contribution in [-0.4, -0.2) is 60.3 Å². The molecule has 0 N–H and O–H groups in total. The van der Waals surface area contributed by atoms with Crippen LogP contribution in [-0.2, 0) is 4.79 Å². The molecule has 2 fully saturated rings. The number of aryl methyl sites for hydroxylation is 1. The van der Waals surface area contributed by atoms with Gasteiger partial charge in [-0.25, -0.2) is 4.39 Å². The molecule has 33 heavy (non-hydrogen) atoms. The van der Waals surface area contributed by atoms with E-state index >= 15 is 0 Å².